The lowest BCUT2D eigenvalue weighted by molar-refractivity contribution is 0.0992. The number of thiazole rings is 1. The molecule has 0 spiro atoms. The van der Waals surface area contributed by atoms with Crippen LogP contribution in [0.15, 0.2) is 53.9 Å². The van der Waals surface area contributed by atoms with E-state index < -0.39 is 5.82 Å². The van der Waals surface area contributed by atoms with Crippen molar-refractivity contribution in [3.05, 3.63) is 65.3 Å². The van der Waals surface area contributed by atoms with Gasteiger partial charge in [-0.3, -0.25) is 9.69 Å². The monoisotopic (exact) mass is 342 g/mol. The standard InChI is InChI=1S/C18H15FN2O2S/c1-21(17(22)13-4-3-5-14(19)10-13)18-20-16(11-24-18)12-6-8-15(23-2)9-7-12/h3-11H,1-2H3. The first-order chi connectivity index (χ1) is 11.6. The first-order valence-electron chi connectivity index (χ1n) is 7.22. The summed E-state index contributed by atoms with van der Waals surface area (Å²) in [6.07, 6.45) is 0. The summed E-state index contributed by atoms with van der Waals surface area (Å²) in [6.45, 7) is 0. The predicted octanol–water partition coefficient (Wildman–Crippen LogP) is 4.23. The minimum atomic E-state index is -0.438. The lowest BCUT2D eigenvalue weighted by atomic mass is 10.2. The number of aromatic nitrogens is 1. The Bertz CT molecular complexity index is 861. The first-order valence-corrected chi connectivity index (χ1v) is 8.10. The van der Waals surface area contributed by atoms with Gasteiger partial charge in [-0.05, 0) is 42.5 Å². The Morgan fingerprint density at radius 3 is 2.62 bits per heavy atom. The largest absolute Gasteiger partial charge is 0.497 e. The molecule has 3 rings (SSSR count). The van der Waals surface area contributed by atoms with Crippen molar-refractivity contribution in [1.29, 1.82) is 0 Å². The molecule has 0 fully saturated rings. The van der Waals surface area contributed by atoms with Gasteiger partial charge < -0.3 is 4.74 Å². The summed E-state index contributed by atoms with van der Waals surface area (Å²) in [7, 11) is 3.24. The maximum atomic E-state index is 13.3. The van der Waals surface area contributed by atoms with Gasteiger partial charge in [0.2, 0.25) is 0 Å². The van der Waals surface area contributed by atoms with E-state index in [0.29, 0.717) is 10.7 Å². The number of ether oxygens (including phenoxy) is 1. The highest BCUT2D eigenvalue weighted by atomic mass is 32.1. The molecule has 0 N–H and O–H groups in total. The van der Waals surface area contributed by atoms with Crippen LogP contribution in [0.2, 0.25) is 0 Å². The van der Waals surface area contributed by atoms with Crippen LogP contribution < -0.4 is 9.64 Å². The molecule has 122 valence electrons. The number of amides is 1. The number of rotatable bonds is 4. The Morgan fingerprint density at radius 2 is 1.96 bits per heavy atom. The minimum absolute atomic E-state index is 0.290. The number of hydrogen-bond acceptors (Lipinski definition) is 4. The van der Waals surface area contributed by atoms with E-state index in [4.69, 9.17) is 4.74 Å². The summed E-state index contributed by atoms with van der Waals surface area (Å²) in [5, 5.41) is 2.43. The topological polar surface area (TPSA) is 42.4 Å². The fourth-order valence-corrected chi connectivity index (χ4v) is 3.01. The van der Waals surface area contributed by atoms with E-state index >= 15 is 0 Å². The highest BCUT2D eigenvalue weighted by Crippen LogP contribution is 2.28. The van der Waals surface area contributed by atoms with Gasteiger partial charge >= 0.3 is 0 Å². The molecule has 0 saturated carbocycles. The van der Waals surface area contributed by atoms with Gasteiger partial charge in [-0.2, -0.15) is 0 Å². The smallest absolute Gasteiger partial charge is 0.259 e. The van der Waals surface area contributed by atoms with Crippen LogP contribution in [0.4, 0.5) is 9.52 Å². The number of halogens is 1. The van der Waals surface area contributed by atoms with Gasteiger partial charge in [0.25, 0.3) is 5.91 Å². The van der Waals surface area contributed by atoms with Gasteiger partial charge in [-0.1, -0.05) is 6.07 Å². The second kappa shape index (κ2) is 6.80. The van der Waals surface area contributed by atoms with Crippen LogP contribution in [-0.2, 0) is 0 Å². The Morgan fingerprint density at radius 1 is 1.21 bits per heavy atom. The maximum Gasteiger partial charge on any atom is 0.259 e. The lowest BCUT2D eigenvalue weighted by Gasteiger charge is -2.13. The molecule has 0 saturated heterocycles. The molecule has 0 bridgehead atoms. The molecule has 1 aromatic heterocycles. The number of methoxy groups -OCH3 is 1. The van der Waals surface area contributed by atoms with Crippen molar-refractivity contribution >= 4 is 22.4 Å². The van der Waals surface area contributed by atoms with Crippen LogP contribution >= 0.6 is 11.3 Å². The van der Waals surface area contributed by atoms with Crippen LogP contribution in [-0.4, -0.2) is 25.0 Å². The fourth-order valence-electron chi connectivity index (χ4n) is 2.21. The number of carbonyl (C=O) groups excluding carboxylic acids is 1. The third-order valence-electron chi connectivity index (χ3n) is 3.54. The van der Waals surface area contributed by atoms with Gasteiger partial charge in [-0.15, -0.1) is 11.3 Å². The summed E-state index contributed by atoms with van der Waals surface area (Å²) < 4.78 is 18.4. The molecule has 6 heteroatoms. The molecule has 0 aliphatic carbocycles. The third kappa shape index (κ3) is 3.28. The van der Waals surface area contributed by atoms with Gasteiger partial charge in [0, 0.05) is 23.6 Å². The molecule has 3 aromatic rings. The minimum Gasteiger partial charge on any atom is -0.497 e. The lowest BCUT2D eigenvalue weighted by Crippen LogP contribution is -2.26. The average Bonchev–Trinajstić information content (AvgIpc) is 3.10. The predicted molar refractivity (Wildman–Crippen MR) is 93.2 cm³/mol. The molecule has 2 aromatic carbocycles. The third-order valence-corrected chi connectivity index (χ3v) is 4.46. The van der Waals surface area contributed by atoms with E-state index in [-0.39, 0.29) is 5.91 Å². The van der Waals surface area contributed by atoms with E-state index in [1.165, 1.54) is 34.4 Å². The molecule has 0 radical (unpaired) electrons. The first kappa shape index (κ1) is 16.1. The number of benzene rings is 2. The molecule has 0 aliphatic heterocycles. The second-order valence-electron chi connectivity index (χ2n) is 5.12. The van der Waals surface area contributed by atoms with E-state index in [9.17, 15) is 9.18 Å². The van der Waals surface area contributed by atoms with Crippen molar-refractivity contribution in [1.82, 2.24) is 4.98 Å². The molecule has 4 nitrogen and oxygen atoms in total. The van der Waals surface area contributed by atoms with E-state index in [0.717, 1.165) is 17.0 Å². The Hall–Kier alpha value is -2.73. The summed E-state index contributed by atoms with van der Waals surface area (Å²) in [4.78, 5) is 18.4. The van der Waals surface area contributed by atoms with E-state index in [2.05, 4.69) is 4.98 Å². The molecular weight excluding hydrogens is 327 g/mol. The van der Waals surface area contributed by atoms with Crippen molar-refractivity contribution in [3.63, 3.8) is 0 Å². The molecular formula is C18H15FN2O2S. The average molecular weight is 342 g/mol. The van der Waals surface area contributed by atoms with Crippen LogP contribution in [0.5, 0.6) is 5.75 Å². The highest BCUT2D eigenvalue weighted by Gasteiger charge is 2.17. The number of nitrogens with zero attached hydrogens (tertiary/aromatic N) is 2. The van der Waals surface area contributed by atoms with E-state index in [1.54, 1.807) is 20.2 Å². The summed E-state index contributed by atoms with van der Waals surface area (Å²) in [5.41, 5.74) is 2.00. The maximum absolute atomic E-state index is 13.3. The van der Waals surface area contributed by atoms with Crippen molar-refractivity contribution < 1.29 is 13.9 Å². The molecule has 0 atom stereocenters. The Labute approximate surface area is 143 Å². The van der Waals surface area contributed by atoms with Crippen molar-refractivity contribution in [2.45, 2.75) is 0 Å². The van der Waals surface area contributed by atoms with Crippen LogP contribution in [0, 0.1) is 5.82 Å². The van der Waals surface area contributed by atoms with Gasteiger partial charge in [0.15, 0.2) is 5.13 Å². The quantitative estimate of drug-likeness (QED) is 0.712. The summed E-state index contributed by atoms with van der Waals surface area (Å²) in [5.74, 6) is 0.0324. The zero-order chi connectivity index (χ0) is 17.1. The van der Waals surface area contributed by atoms with Crippen molar-refractivity contribution in [3.8, 4) is 17.0 Å². The zero-order valence-electron chi connectivity index (χ0n) is 13.2. The Balaban J connectivity index is 1.82. The van der Waals surface area contributed by atoms with Crippen molar-refractivity contribution in [2.24, 2.45) is 0 Å². The number of carbonyl (C=O) groups is 1. The normalized spacial score (nSPS) is 10.5. The molecule has 0 unspecified atom stereocenters. The van der Waals surface area contributed by atoms with E-state index in [1.807, 2.05) is 29.6 Å². The summed E-state index contributed by atoms with van der Waals surface area (Å²) in [6, 6.07) is 13.2. The number of anilines is 1. The summed E-state index contributed by atoms with van der Waals surface area (Å²) >= 11 is 1.36. The van der Waals surface area contributed by atoms with Crippen LogP contribution in [0.25, 0.3) is 11.3 Å². The number of hydrogen-bond donors (Lipinski definition) is 0. The van der Waals surface area contributed by atoms with Crippen LogP contribution in [0.3, 0.4) is 0 Å². The van der Waals surface area contributed by atoms with Gasteiger partial charge in [0.05, 0.1) is 12.8 Å². The fraction of sp³-hybridized carbons (Fsp3) is 0.111. The Kier molecular flexibility index (Phi) is 4.57. The second-order valence-corrected chi connectivity index (χ2v) is 5.95. The zero-order valence-corrected chi connectivity index (χ0v) is 14.0. The molecule has 1 amide bonds. The van der Waals surface area contributed by atoms with Gasteiger partial charge in [0.1, 0.15) is 11.6 Å². The molecule has 1 heterocycles. The molecule has 24 heavy (non-hydrogen) atoms. The SMILES string of the molecule is COc1ccc(-c2csc(N(C)C(=O)c3cccc(F)c3)n2)cc1. The van der Waals surface area contributed by atoms with Crippen molar-refractivity contribution in [2.75, 3.05) is 19.1 Å². The molecule has 0 aliphatic rings. The van der Waals surface area contributed by atoms with Crippen LogP contribution in [0.1, 0.15) is 10.4 Å². The highest BCUT2D eigenvalue weighted by molar-refractivity contribution is 7.14. The van der Waals surface area contributed by atoms with Gasteiger partial charge in [-0.25, -0.2) is 9.37 Å².